The van der Waals surface area contributed by atoms with Crippen molar-refractivity contribution in [2.75, 3.05) is 18.5 Å². The van der Waals surface area contributed by atoms with Crippen LogP contribution in [0.5, 0.6) is 0 Å². The topological polar surface area (TPSA) is 15.3 Å². The van der Waals surface area contributed by atoms with Crippen LogP contribution in [0.25, 0.3) is 0 Å². The van der Waals surface area contributed by atoms with E-state index in [1.54, 1.807) is 11.3 Å². The smallest absolute Gasteiger partial charge is 0.0434 e. The number of hydrogen-bond acceptors (Lipinski definition) is 3. The molecule has 2 rings (SSSR count). The minimum Gasteiger partial charge on any atom is -0.370 e. The lowest BCUT2D eigenvalue weighted by atomic mass is 10.1. The zero-order chi connectivity index (χ0) is 13.7. The summed E-state index contributed by atoms with van der Waals surface area (Å²) < 4.78 is 0. The van der Waals surface area contributed by atoms with Crippen LogP contribution in [0.3, 0.4) is 0 Å². The van der Waals surface area contributed by atoms with Crippen molar-refractivity contribution in [3.63, 3.8) is 0 Å². The lowest BCUT2D eigenvalue weighted by Gasteiger charge is -2.20. The molecular weight excluding hydrogens is 252 g/mol. The van der Waals surface area contributed by atoms with Crippen molar-refractivity contribution < 1.29 is 0 Å². The molecule has 0 amide bonds. The normalized spacial score (nSPS) is 12.4. The number of thiophene rings is 1. The van der Waals surface area contributed by atoms with E-state index in [0.717, 1.165) is 13.1 Å². The van der Waals surface area contributed by atoms with E-state index in [1.807, 2.05) is 0 Å². The lowest BCUT2D eigenvalue weighted by Crippen LogP contribution is -2.18. The van der Waals surface area contributed by atoms with Gasteiger partial charge in [0.2, 0.25) is 0 Å². The summed E-state index contributed by atoms with van der Waals surface area (Å²) in [6.07, 6.45) is 0. The predicted molar refractivity (Wildman–Crippen MR) is 85.0 cm³/mol. The first-order chi connectivity index (χ1) is 9.20. The minimum absolute atomic E-state index is 0.418. The molecule has 1 atom stereocenters. The van der Waals surface area contributed by atoms with E-state index in [2.05, 4.69) is 72.2 Å². The molecule has 102 valence electrons. The summed E-state index contributed by atoms with van der Waals surface area (Å²) in [7, 11) is 2.14. The van der Waals surface area contributed by atoms with Gasteiger partial charge in [-0.3, -0.25) is 0 Å². The Kier molecular flexibility index (Phi) is 5.00. The molecule has 0 aliphatic carbocycles. The van der Waals surface area contributed by atoms with Gasteiger partial charge in [-0.2, -0.15) is 11.3 Å². The van der Waals surface area contributed by atoms with Crippen LogP contribution in [-0.4, -0.2) is 13.6 Å². The fourth-order valence-corrected chi connectivity index (χ4v) is 2.85. The largest absolute Gasteiger partial charge is 0.370 e. The maximum atomic E-state index is 3.43. The van der Waals surface area contributed by atoms with E-state index in [1.165, 1.54) is 16.8 Å². The van der Waals surface area contributed by atoms with E-state index >= 15 is 0 Å². The van der Waals surface area contributed by atoms with Crippen molar-refractivity contribution in [1.29, 1.82) is 0 Å². The Morgan fingerprint density at radius 3 is 2.53 bits per heavy atom. The van der Waals surface area contributed by atoms with Crippen molar-refractivity contribution >= 4 is 17.0 Å². The summed E-state index contributed by atoms with van der Waals surface area (Å²) in [5.41, 5.74) is 3.98. The van der Waals surface area contributed by atoms with E-state index in [0.29, 0.717) is 6.04 Å². The maximum absolute atomic E-state index is 3.43. The standard InChI is InChI=1S/C16H22N2S/c1-4-17-13(2)15-5-7-16(8-6-15)18(3)11-14-9-10-19-12-14/h5-10,12-13,17H,4,11H2,1-3H3. The Hall–Kier alpha value is -1.32. The molecule has 0 saturated heterocycles. The number of hydrogen-bond donors (Lipinski definition) is 1. The van der Waals surface area contributed by atoms with Gasteiger partial charge in [0.25, 0.3) is 0 Å². The first-order valence-electron chi connectivity index (χ1n) is 6.76. The molecule has 0 fully saturated rings. The Balaban J connectivity index is 2.01. The second kappa shape index (κ2) is 6.73. The van der Waals surface area contributed by atoms with Crippen LogP contribution in [0.15, 0.2) is 41.1 Å². The average molecular weight is 274 g/mol. The quantitative estimate of drug-likeness (QED) is 0.854. The van der Waals surface area contributed by atoms with Gasteiger partial charge in [-0.05, 0) is 53.6 Å². The number of nitrogens with zero attached hydrogens (tertiary/aromatic N) is 1. The molecule has 1 N–H and O–H groups in total. The van der Waals surface area contributed by atoms with Gasteiger partial charge in [-0.1, -0.05) is 19.1 Å². The summed E-state index contributed by atoms with van der Waals surface area (Å²) in [6, 6.07) is 11.4. The highest BCUT2D eigenvalue weighted by Gasteiger charge is 2.06. The second-order valence-electron chi connectivity index (χ2n) is 4.86. The highest BCUT2D eigenvalue weighted by atomic mass is 32.1. The summed E-state index contributed by atoms with van der Waals surface area (Å²) >= 11 is 1.75. The fourth-order valence-electron chi connectivity index (χ4n) is 2.19. The first-order valence-corrected chi connectivity index (χ1v) is 7.70. The zero-order valence-electron chi connectivity index (χ0n) is 11.9. The van der Waals surface area contributed by atoms with Crippen molar-refractivity contribution in [3.05, 3.63) is 52.2 Å². The summed E-state index contributed by atoms with van der Waals surface area (Å²) in [5.74, 6) is 0. The molecule has 1 heterocycles. The predicted octanol–water partition coefficient (Wildman–Crippen LogP) is 4.06. The van der Waals surface area contributed by atoms with E-state index in [4.69, 9.17) is 0 Å². The van der Waals surface area contributed by atoms with Crippen LogP contribution in [0.2, 0.25) is 0 Å². The van der Waals surface area contributed by atoms with Crippen molar-refractivity contribution in [1.82, 2.24) is 5.32 Å². The second-order valence-corrected chi connectivity index (χ2v) is 5.64. The van der Waals surface area contributed by atoms with Crippen LogP contribution >= 0.6 is 11.3 Å². The molecule has 0 spiro atoms. The third-order valence-electron chi connectivity index (χ3n) is 3.34. The van der Waals surface area contributed by atoms with Crippen LogP contribution in [0, 0.1) is 0 Å². The Bertz CT molecular complexity index is 476. The zero-order valence-corrected chi connectivity index (χ0v) is 12.7. The molecule has 3 heteroatoms. The molecular formula is C16H22N2S. The Labute approximate surface area is 120 Å². The average Bonchev–Trinajstić information content (AvgIpc) is 2.92. The van der Waals surface area contributed by atoms with Gasteiger partial charge in [-0.15, -0.1) is 0 Å². The first kappa shape index (κ1) is 14.1. The summed E-state index contributed by atoms with van der Waals surface area (Å²) in [5, 5.41) is 7.77. The summed E-state index contributed by atoms with van der Waals surface area (Å²) in [4.78, 5) is 2.28. The molecule has 1 aromatic heterocycles. The molecule has 0 bridgehead atoms. The minimum atomic E-state index is 0.418. The molecule has 2 nitrogen and oxygen atoms in total. The SMILES string of the molecule is CCNC(C)c1ccc(N(C)Cc2ccsc2)cc1. The lowest BCUT2D eigenvalue weighted by molar-refractivity contribution is 0.598. The van der Waals surface area contributed by atoms with Gasteiger partial charge in [0, 0.05) is 25.3 Å². The van der Waals surface area contributed by atoms with Gasteiger partial charge in [0.05, 0.1) is 0 Å². The number of nitrogens with one attached hydrogen (secondary N) is 1. The highest BCUT2D eigenvalue weighted by molar-refractivity contribution is 7.07. The summed E-state index contributed by atoms with van der Waals surface area (Å²) in [6.45, 7) is 6.31. The van der Waals surface area contributed by atoms with Crippen LogP contribution in [0.1, 0.15) is 31.0 Å². The van der Waals surface area contributed by atoms with E-state index in [9.17, 15) is 0 Å². The molecule has 0 aliphatic heterocycles. The monoisotopic (exact) mass is 274 g/mol. The van der Waals surface area contributed by atoms with Gasteiger partial charge in [0.15, 0.2) is 0 Å². The third kappa shape index (κ3) is 3.82. The van der Waals surface area contributed by atoms with Crippen LogP contribution in [0.4, 0.5) is 5.69 Å². The molecule has 1 unspecified atom stereocenters. The molecule has 0 saturated carbocycles. The van der Waals surface area contributed by atoms with Gasteiger partial charge >= 0.3 is 0 Å². The van der Waals surface area contributed by atoms with Gasteiger partial charge < -0.3 is 10.2 Å². The van der Waals surface area contributed by atoms with Crippen molar-refractivity contribution in [2.24, 2.45) is 0 Å². The molecule has 0 aliphatic rings. The molecule has 19 heavy (non-hydrogen) atoms. The number of rotatable bonds is 6. The van der Waals surface area contributed by atoms with Crippen molar-refractivity contribution in [2.45, 2.75) is 26.4 Å². The Morgan fingerprint density at radius 1 is 1.21 bits per heavy atom. The molecule has 2 aromatic rings. The van der Waals surface area contributed by atoms with Gasteiger partial charge in [0.1, 0.15) is 0 Å². The van der Waals surface area contributed by atoms with E-state index in [-0.39, 0.29) is 0 Å². The maximum Gasteiger partial charge on any atom is 0.0434 e. The third-order valence-corrected chi connectivity index (χ3v) is 4.08. The van der Waals surface area contributed by atoms with Crippen LogP contribution in [-0.2, 0) is 6.54 Å². The van der Waals surface area contributed by atoms with Gasteiger partial charge in [-0.25, -0.2) is 0 Å². The highest BCUT2D eigenvalue weighted by Crippen LogP contribution is 2.20. The molecule has 1 aromatic carbocycles. The number of benzene rings is 1. The molecule has 0 radical (unpaired) electrons. The fraction of sp³-hybridized carbons (Fsp3) is 0.375. The Morgan fingerprint density at radius 2 is 1.95 bits per heavy atom. The number of anilines is 1. The van der Waals surface area contributed by atoms with Crippen LogP contribution < -0.4 is 10.2 Å². The van der Waals surface area contributed by atoms with Crippen molar-refractivity contribution in [3.8, 4) is 0 Å². The van der Waals surface area contributed by atoms with E-state index < -0.39 is 0 Å².